The quantitative estimate of drug-likeness (QED) is 0.479. The lowest BCUT2D eigenvalue weighted by atomic mass is 9.87. The molecule has 0 saturated carbocycles. The predicted octanol–water partition coefficient (Wildman–Crippen LogP) is 5.74. The standard InChI is InChI=1S/C26H27F3N4O/c1-17-6-5-15-33(23(17)13-11-20-10-9-19(16-31-20)26(27,28)29)25(34)24-21(12-8-18(2)32-24)22-7-3-4-14-30-22/h3-4,7-10,12,14,16-17,23H,5-6,11,13,15H2,1-2H3/t17-,23-/m1/s1. The summed E-state index contributed by atoms with van der Waals surface area (Å²) < 4.78 is 38.5. The summed E-state index contributed by atoms with van der Waals surface area (Å²) in [5.74, 6) is 0.122. The summed E-state index contributed by atoms with van der Waals surface area (Å²) in [6.45, 7) is 4.59. The van der Waals surface area contributed by atoms with Gasteiger partial charge in [-0.1, -0.05) is 13.0 Å². The topological polar surface area (TPSA) is 59.0 Å². The van der Waals surface area contributed by atoms with Crippen LogP contribution in [0, 0.1) is 12.8 Å². The third-order valence-electron chi connectivity index (χ3n) is 6.40. The molecule has 1 aliphatic heterocycles. The molecular formula is C26H27F3N4O. The first-order valence-corrected chi connectivity index (χ1v) is 11.5. The molecule has 0 spiro atoms. The number of carbonyl (C=O) groups excluding carboxylic acids is 1. The Labute approximate surface area is 197 Å². The Hall–Kier alpha value is -3.29. The zero-order valence-corrected chi connectivity index (χ0v) is 19.2. The summed E-state index contributed by atoms with van der Waals surface area (Å²) in [7, 11) is 0. The highest BCUT2D eigenvalue weighted by atomic mass is 19.4. The molecule has 3 aromatic rings. The Kier molecular flexibility index (Phi) is 6.95. The van der Waals surface area contributed by atoms with Crippen LogP contribution < -0.4 is 0 Å². The molecule has 8 heteroatoms. The fraction of sp³-hybridized carbons (Fsp3) is 0.385. The van der Waals surface area contributed by atoms with Gasteiger partial charge in [0.05, 0.1) is 11.3 Å². The van der Waals surface area contributed by atoms with Crippen molar-refractivity contribution in [2.75, 3.05) is 6.54 Å². The Morgan fingerprint density at radius 3 is 2.62 bits per heavy atom. The minimum Gasteiger partial charge on any atom is -0.334 e. The van der Waals surface area contributed by atoms with Gasteiger partial charge in [0, 0.05) is 41.9 Å². The predicted molar refractivity (Wildman–Crippen MR) is 123 cm³/mol. The van der Waals surface area contributed by atoms with Crippen LogP contribution in [-0.2, 0) is 12.6 Å². The Bertz CT molecular complexity index is 1130. The molecule has 1 fully saturated rings. The summed E-state index contributed by atoms with van der Waals surface area (Å²) in [4.78, 5) is 28.6. The molecule has 34 heavy (non-hydrogen) atoms. The maximum atomic E-state index is 13.8. The maximum absolute atomic E-state index is 13.8. The minimum absolute atomic E-state index is 0.0516. The molecule has 1 saturated heterocycles. The molecule has 3 aromatic heterocycles. The van der Waals surface area contributed by atoms with Gasteiger partial charge < -0.3 is 4.90 Å². The largest absolute Gasteiger partial charge is 0.417 e. The van der Waals surface area contributed by atoms with Gasteiger partial charge in [0.25, 0.3) is 5.91 Å². The molecular weight excluding hydrogens is 441 g/mol. The fourth-order valence-electron chi connectivity index (χ4n) is 4.56. The van der Waals surface area contributed by atoms with E-state index in [4.69, 9.17) is 0 Å². The number of hydrogen-bond acceptors (Lipinski definition) is 4. The number of rotatable bonds is 5. The zero-order chi connectivity index (χ0) is 24.3. The van der Waals surface area contributed by atoms with Gasteiger partial charge in [-0.15, -0.1) is 0 Å². The number of nitrogens with zero attached hydrogens (tertiary/aromatic N) is 4. The van der Waals surface area contributed by atoms with E-state index in [9.17, 15) is 18.0 Å². The average molecular weight is 469 g/mol. The molecule has 1 aliphatic rings. The molecule has 5 nitrogen and oxygen atoms in total. The lowest BCUT2D eigenvalue weighted by Crippen LogP contribution is -2.48. The monoisotopic (exact) mass is 468 g/mol. The van der Waals surface area contributed by atoms with Crippen molar-refractivity contribution >= 4 is 5.91 Å². The van der Waals surface area contributed by atoms with E-state index in [-0.39, 0.29) is 17.9 Å². The van der Waals surface area contributed by atoms with Crippen LogP contribution in [0.5, 0.6) is 0 Å². The van der Waals surface area contributed by atoms with E-state index in [2.05, 4.69) is 21.9 Å². The molecule has 178 valence electrons. The zero-order valence-electron chi connectivity index (χ0n) is 19.2. The van der Waals surface area contributed by atoms with Crippen molar-refractivity contribution in [2.24, 2.45) is 5.92 Å². The van der Waals surface area contributed by atoms with Crippen LogP contribution >= 0.6 is 0 Å². The van der Waals surface area contributed by atoms with E-state index < -0.39 is 11.7 Å². The molecule has 0 aliphatic carbocycles. The van der Waals surface area contributed by atoms with E-state index >= 15 is 0 Å². The highest BCUT2D eigenvalue weighted by molar-refractivity contribution is 5.98. The SMILES string of the molecule is Cc1ccc(-c2ccccn2)c(C(=O)N2CCC[C@@H](C)[C@H]2CCc2ccc(C(F)(F)F)cn2)n1. The highest BCUT2D eigenvalue weighted by Gasteiger charge is 2.34. The van der Waals surface area contributed by atoms with Crippen LogP contribution in [0.1, 0.15) is 53.6 Å². The Morgan fingerprint density at radius 2 is 1.94 bits per heavy atom. The van der Waals surface area contributed by atoms with E-state index in [1.54, 1.807) is 6.20 Å². The molecule has 0 radical (unpaired) electrons. The van der Waals surface area contributed by atoms with Crippen LogP contribution in [0.25, 0.3) is 11.3 Å². The molecule has 0 aromatic carbocycles. The average Bonchev–Trinajstić information content (AvgIpc) is 2.83. The molecule has 0 bridgehead atoms. The highest BCUT2D eigenvalue weighted by Crippen LogP contribution is 2.31. The number of amides is 1. The lowest BCUT2D eigenvalue weighted by Gasteiger charge is -2.40. The molecule has 0 unspecified atom stereocenters. The number of halogens is 3. The van der Waals surface area contributed by atoms with Crippen molar-refractivity contribution in [3.05, 3.63) is 77.5 Å². The maximum Gasteiger partial charge on any atom is 0.417 e. The van der Waals surface area contributed by atoms with Crippen LogP contribution in [-0.4, -0.2) is 38.3 Å². The Balaban J connectivity index is 1.57. The second-order valence-electron chi connectivity index (χ2n) is 8.82. The van der Waals surface area contributed by atoms with Gasteiger partial charge in [-0.25, -0.2) is 4.98 Å². The number of alkyl halides is 3. The van der Waals surface area contributed by atoms with Gasteiger partial charge >= 0.3 is 6.18 Å². The third kappa shape index (κ3) is 5.26. The minimum atomic E-state index is -4.40. The summed E-state index contributed by atoms with van der Waals surface area (Å²) in [6, 6.07) is 11.7. The number of likely N-dealkylation sites (tertiary alicyclic amines) is 1. The number of aromatic nitrogens is 3. The first-order chi connectivity index (χ1) is 16.2. The van der Waals surface area contributed by atoms with E-state index in [1.165, 1.54) is 6.07 Å². The first-order valence-electron chi connectivity index (χ1n) is 11.5. The normalized spacial score (nSPS) is 18.7. The summed E-state index contributed by atoms with van der Waals surface area (Å²) in [5.41, 5.74) is 2.34. The van der Waals surface area contributed by atoms with Gasteiger partial charge in [0.2, 0.25) is 0 Å². The fourth-order valence-corrected chi connectivity index (χ4v) is 4.56. The molecule has 2 atom stereocenters. The van der Waals surface area contributed by atoms with Crippen LogP contribution in [0.4, 0.5) is 13.2 Å². The van der Waals surface area contributed by atoms with Crippen molar-refractivity contribution in [3.63, 3.8) is 0 Å². The number of hydrogen-bond donors (Lipinski definition) is 0. The summed E-state index contributed by atoms with van der Waals surface area (Å²) in [5, 5.41) is 0. The second kappa shape index (κ2) is 9.91. The van der Waals surface area contributed by atoms with Crippen molar-refractivity contribution in [2.45, 2.75) is 51.7 Å². The lowest BCUT2D eigenvalue weighted by molar-refractivity contribution is -0.137. The van der Waals surface area contributed by atoms with Crippen molar-refractivity contribution < 1.29 is 18.0 Å². The number of aryl methyl sites for hydroxylation is 2. The first kappa shape index (κ1) is 23.9. The molecule has 0 N–H and O–H groups in total. The van der Waals surface area contributed by atoms with Gasteiger partial charge in [-0.3, -0.25) is 14.8 Å². The van der Waals surface area contributed by atoms with Crippen molar-refractivity contribution in [3.8, 4) is 11.3 Å². The smallest absolute Gasteiger partial charge is 0.334 e. The van der Waals surface area contributed by atoms with Crippen LogP contribution in [0.15, 0.2) is 54.9 Å². The molecule has 4 rings (SSSR count). The van der Waals surface area contributed by atoms with Crippen LogP contribution in [0.2, 0.25) is 0 Å². The van der Waals surface area contributed by atoms with Gasteiger partial charge in [0.15, 0.2) is 0 Å². The van der Waals surface area contributed by atoms with Gasteiger partial charge in [-0.2, -0.15) is 13.2 Å². The van der Waals surface area contributed by atoms with Gasteiger partial charge in [0.1, 0.15) is 5.69 Å². The number of carbonyl (C=O) groups is 1. The van der Waals surface area contributed by atoms with E-state index in [0.717, 1.165) is 30.8 Å². The van der Waals surface area contributed by atoms with E-state index in [1.807, 2.05) is 42.2 Å². The van der Waals surface area contributed by atoms with E-state index in [0.29, 0.717) is 42.0 Å². The van der Waals surface area contributed by atoms with Crippen LogP contribution in [0.3, 0.4) is 0 Å². The number of pyridine rings is 3. The number of piperidine rings is 1. The molecule has 4 heterocycles. The molecule has 1 amide bonds. The summed E-state index contributed by atoms with van der Waals surface area (Å²) >= 11 is 0. The Morgan fingerprint density at radius 1 is 1.12 bits per heavy atom. The van der Waals surface area contributed by atoms with Gasteiger partial charge in [-0.05, 0) is 74.9 Å². The van der Waals surface area contributed by atoms with Crippen molar-refractivity contribution in [1.29, 1.82) is 0 Å². The summed E-state index contributed by atoms with van der Waals surface area (Å²) in [6.07, 6.45) is 1.15. The third-order valence-corrected chi connectivity index (χ3v) is 6.40. The van der Waals surface area contributed by atoms with Crippen molar-refractivity contribution in [1.82, 2.24) is 19.9 Å². The second-order valence-corrected chi connectivity index (χ2v) is 8.82.